The van der Waals surface area contributed by atoms with Crippen LogP contribution in [0, 0.1) is 25.2 Å². The molecule has 1 aromatic carbocycles. The Morgan fingerprint density at radius 3 is 2.87 bits per heavy atom. The van der Waals surface area contributed by atoms with Gasteiger partial charge < -0.3 is 4.42 Å². The van der Waals surface area contributed by atoms with E-state index in [-0.39, 0.29) is 6.01 Å². The fourth-order valence-corrected chi connectivity index (χ4v) is 2.84. The lowest BCUT2D eigenvalue weighted by Gasteiger charge is -2.00. The number of carbonyl (C=O) groups is 1. The molecule has 0 atom stereocenters. The first kappa shape index (κ1) is 14.9. The highest BCUT2D eigenvalue weighted by molar-refractivity contribution is 7.15. The third kappa shape index (κ3) is 3.09. The van der Waals surface area contributed by atoms with Crippen LogP contribution in [0.5, 0.6) is 0 Å². The fourth-order valence-electron chi connectivity index (χ4n) is 1.99. The van der Waals surface area contributed by atoms with Crippen LogP contribution in [0.3, 0.4) is 0 Å². The first-order valence-electron chi connectivity index (χ1n) is 6.66. The number of nitrogens with zero attached hydrogens (tertiary/aromatic N) is 4. The summed E-state index contributed by atoms with van der Waals surface area (Å²) >= 11 is 1.44. The van der Waals surface area contributed by atoms with Crippen molar-refractivity contribution in [3.8, 4) is 16.8 Å². The molecule has 0 radical (unpaired) electrons. The number of aryl methyl sites for hydroxylation is 2. The lowest BCUT2D eigenvalue weighted by atomic mass is 10.1. The Morgan fingerprint density at radius 1 is 1.35 bits per heavy atom. The predicted molar refractivity (Wildman–Crippen MR) is 84.0 cm³/mol. The molecule has 0 saturated carbocycles. The molecule has 1 amide bonds. The van der Waals surface area contributed by atoms with Crippen LogP contribution in [0.15, 0.2) is 28.7 Å². The Hall–Kier alpha value is -3.05. The van der Waals surface area contributed by atoms with Crippen molar-refractivity contribution in [3.63, 3.8) is 0 Å². The fraction of sp³-hybridized carbons (Fsp3) is 0.133. The van der Waals surface area contributed by atoms with Crippen LogP contribution in [0.25, 0.3) is 10.8 Å². The SMILES string of the molecule is Cc1nc(C)c(-c2nnc(NC(=O)c3cccc(C#N)c3)o2)s1. The molecule has 0 saturated heterocycles. The summed E-state index contributed by atoms with van der Waals surface area (Å²) in [5, 5.41) is 20.0. The summed E-state index contributed by atoms with van der Waals surface area (Å²) in [5.74, 6) is -0.108. The summed E-state index contributed by atoms with van der Waals surface area (Å²) in [7, 11) is 0. The number of nitriles is 1. The van der Waals surface area contributed by atoms with Gasteiger partial charge in [0, 0.05) is 5.56 Å². The molecular formula is C15H11N5O2S. The molecule has 2 aromatic heterocycles. The van der Waals surface area contributed by atoms with Crippen LogP contribution in [0.4, 0.5) is 6.01 Å². The Kier molecular flexibility index (Phi) is 3.87. The lowest BCUT2D eigenvalue weighted by Crippen LogP contribution is -2.12. The maximum absolute atomic E-state index is 12.1. The lowest BCUT2D eigenvalue weighted by molar-refractivity contribution is 0.102. The maximum atomic E-state index is 12.1. The number of rotatable bonds is 3. The van der Waals surface area contributed by atoms with Crippen molar-refractivity contribution >= 4 is 23.3 Å². The molecule has 8 heteroatoms. The molecule has 0 bridgehead atoms. The van der Waals surface area contributed by atoms with Gasteiger partial charge in [-0.25, -0.2) is 4.98 Å². The summed E-state index contributed by atoms with van der Waals surface area (Å²) < 4.78 is 5.46. The standard InChI is InChI=1S/C15H11N5O2S/c1-8-12(23-9(2)17-8)14-19-20-15(22-14)18-13(21)11-5-3-4-10(6-11)7-16/h3-6H,1-2H3,(H,18,20,21). The minimum Gasteiger partial charge on any atom is -0.402 e. The van der Waals surface area contributed by atoms with Crippen molar-refractivity contribution in [2.75, 3.05) is 5.32 Å². The number of carbonyl (C=O) groups excluding carboxylic acids is 1. The van der Waals surface area contributed by atoms with Crippen LogP contribution < -0.4 is 5.32 Å². The van der Waals surface area contributed by atoms with Gasteiger partial charge in [-0.15, -0.1) is 16.4 Å². The summed E-state index contributed by atoms with van der Waals surface area (Å²) in [4.78, 5) is 17.2. The summed E-state index contributed by atoms with van der Waals surface area (Å²) in [6, 6.07) is 8.33. The van der Waals surface area contributed by atoms with Gasteiger partial charge in [-0.1, -0.05) is 11.2 Å². The van der Waals surface area contributed by atoms with Gasteiger partial charge in [0.05, 0.1) is 22.3 Å². The van der Waals surface area contributed by atoms with Crippen LogP contribution >= 0.6 is 11.3 Å². The highest BCUT2D eigenvalue weighted by atomic mass is 32.1. The number of anilines is 1. The number of amides is 1. The summed E-state index contributed by atoms with van der Waals surface area (Å²) in [6.07, 6.45) is 0. The van der Waals surface area contributed by atoms with Crippen LogP contribution in [-0.2, 0) is 0 Å². The van der Waals surface area contributed by atoms with E-state index in [9.17, 15) is 4.79 Å². The summed E-state index contributed by atoms with van der Waals surface area (Å²) in [6.45, 7) is 3.75. The van der Waals surface area contributed by atoms with Crippen molar-refractivity contribution in [2.24, 2.45) is 0 Å². The van der Waals surface area contributed by atoms with E-state index in [2.05, 4.69) is 20.5 Å². The highest BCUT2D eigenvalue weighted by Gasteiger charge is 2.16. The van der Waals surface area contributed by atoms with Gasteiger partial charge >= 0.3 is 6.01 Å². The monoisotopic (exact) mass is 325 g/mol. The zero-order chi connectivity index (χ0) is 16.4. The van der Waals surface area contributed by atoms with E-state index < -0.39 is 5.91 Å². The Balaban J connectivity index is 1.80. The molecule has 0 aliphatic heterocycles. The average Bonchev–Trinajstić information content (AvgIpc) is 3.13. The first-order chi connectivity index (χ1) is 11.1. The Bertz CT molecular complexity index is 922. The zero-order valence-electron chi connectivity index (χ0n) is 12.3. The smallest absolute Gasteiger partial charge is 0.322 e. The quantitative estimate of drug-likeness (QED) is 0.794. The van der Waals surface area contributed by atoms with Crippen LogP contribution in [0.1, 0.15) is 26.6 Å². The molecule has 0 spiro atoms. The molecule has 3 rings (SSSR count). The zero-order valence-corrected chi connectivity index (χ0v) is 13.1. The number of thiazole rings is 1. The molecule has 114 valence electrons. The Labute approximate surface area is 135 Å². The van der Waals surface area contributed by atoms with E-state index in [0.29, 0.717) is 17.0 Å². The van der Waals surface area contributed by atoms with Crippen molar-refractivity contribution in [1.29, 1.82) is 5.26 Å². The topological polar surface area (TPSA) is 105 Å². The van der Waals surface area contributed by atoms with Gasteiger partial charge in [-0.05, 0) is 32.0 Å². The number of aromatic nitrogens is 3. The van der Waals surface area contributed by atoms with Gasteiger partial charge in [0.25, 0.3) is 11.8 Å². The second-order valence-corrected chi connectivity index (χ2v) is 5.91. The highest BCUT2D eigenvalue weighted by Crippen LogP contribution is 2.29. The van der Waals surface area contributed by atoms with Crippen molar-refractivity contribution in [1.82, 2.24) is 15.2 Å². The Morgan fingerprint density at radius 2 is 2.17 bits per heavy atom. The number of hydrogen-bond donors (Lipinski definition) is 1. The van der Waals surface area contributed by atoms with Crippen molar-refractivity contribution in [3.05, 3.63) is 46.1 Å². The van der Waals surface area contributed by atoms with E-state index in [1.165, 1.54) is 17.4 Å². The van der Waals surface area contributed by atoms with E-state index in [4.69, 9.17) is 9.68 Å². The van der Waals surface area contributed by atoms with Gasteiger partial charge in [0.1, 0.15) is 4.88 Å². The number of benzene rings is 1. The van der Waals surface area contributed by atoms with E-state index in [1.54, 1.807) is 18.2 Å². The van der Waals surface area contributed by atoms with Crippen LogP contribution in [-0.4, -0.2) is 21.1 Å². The minimum atomic E-state index is -0.422. The molecule has 2 heterocycles. The average molecular weight is 325 g/mol. The minimum absolute atomic E-state index is 0.00202. The molecule has 3 aromatic rings. The van der Waals surface area contributed by atoms with Crippen molar-refractivity contribution < 1.29 is 9.21 Å². The summed E-state index contributed by atoms with van der Waals surface area (Å²) in [5.41, 5.74) is 1.55. The van der Waals surface area contributed by atoms with Gasteiger partial charge in [0.15, 0.2) is 0 Å². The van der Waals surface area contributed by atoms with Gasteiger partial charge in [-0.2, -0.15) is 5.26 Å². The maximum Gasteiger partial charge on any atom is 0.322 e. The molecule has 0 unspecified atom stereocenters. The first-order valence-corrected chi connectivity index (χ1v) is 7.48. The van der Waals surface area contributed by atoms with Gasteiger partial charge in [-0.3, -0.25) is 10.1 Å². The molecule has 1 N–H and O–H groups in total. The molecular weight excluding hydrogens is 314 g/mol. The predicted octanol–water partition coefficient (Wildman–Crippen LogP) is 2.93. The normalized spacial score (nSPS) is 10.3. The number of nitrogens with one attached hydrogen (secondary N) is 1. The largest absolute Gasteiger partial charge is 0.402 e. The van der Waals surface area contributed by atoms with E-state index in [0.717, 1.165) is 15.6 Å². The molecule has 7 nitrogen and oxygen atoms in total. The van der Waals surface area contributed by atoms with Crippen molar-refractivity contribution in [2.45, 2.75) is 13.8 Å². The second kappa shape index (κ2) is 5.98. The van der Waals surface area contributed by atoms with E-state index >= 15 is 0 Å². The number of hydrogen-bond acceptors (Lipinski definition) is 7. The molecule has 0 aliphatic rings. The third-order valence-electron chi connectivity index (χ3n) is 3.00. The van der Waals surface area contributed by atoms with E-state index in [1.807, 2.05) is 19.9 Å². The third-order valence-corrected chi connectivity index (χ3v) is 4.06. The van der Waals surface area contributed by atoms with Crippen LogP contribution in [0.2, 0.25) is 0 Å². The second-order valence-electron chi connectivity index (χ2n) is 4.71. The van der Waals surface area contributed by atoms with Gasteiger partial charge in [0.2, 0.25) is 0 Å². The molecule has 0 fully saturated rings. The molecule has 0 aliphatic carbocycles. The molecule has 23 heavy (non-hydrogen) atoms.